The first kappa shape index (κ1) is 26.5. The number of amides is 3. The summed E-state index contributed by atoms with van der Waals surface area (Å²) in [5, 5.41) is 10.5. The number of hydrogen-bond acceptors (Lipinski definition) is 7. The summed E-state index contributed by atoms with van der Waals surface area (Å²) in [7, 11) is 2.08. The number of aromatic nitrogens is 2. The van der Waals surface area contributed by atoms with Crippen LogP contribution < -0.4 is 16.7 Å². The zero-order valence-corrected chi connectivity index (χ0v) is 21.7. The normalized spacial score (nSPS) is 18.4. The Morgan fingerprint density at radius 2 is 1.78 bits per heavy atom. The largest absolute Gasteiger partial charge is 0.354 e. The van der Waals surface area contributed by atoms with E-state index in [1.54, 1.807) is 35.9 Å². The second-order valence-electron chi connectivity index (χ2n) is 10.5. The van der Waals surface area contributed by atoms with Gasteiger partial charge < -0.3 is 20.9 Å². The maximum absolute atomic E-state index is 12.7. The van der Waals surface area contributed by atoms with Gasteiger partial charge in [-0.1, -0.05) is 12.1 Å². The van der Waals surface area contributed by atoms with E-state index in [4.69, 9.17) is 11.1 Å². The van der Waals surface area contributed by atoms with Crippen LogP contribution in [0.25, 0.3) is 5.69 Å². The Kier molecular flexibility index (Phi) is 7.74. The van der Waals surface area contributed by atoms with Gasteiger partial charge in [-0.25, -0.2) is 9.59 Å². The summed E-state index contributed by atoms with van der Waals surface area (Å²) in [6, 6.07) is 9.37. The van der Waals surface area contributed by atoms with E-state index in [-0.39, 0.29) is 17.8 Å². The first-order valence-corrected chi connectivity index (χ1v) is 12.6. The molecule has 0 spiro atoms. The van der Waals surface area contributed by atoms with Crippen molar-refractivity contribution in [3.8, 4) is 5.69 Å². The molecular formula is C26H36N8O3. The quantitative estimate of drug-likeness (QED) is 0.542. The zero-order chi connectivity index (χ0) is 26.7. The molecule has 2 heterocycles. The Morgan fingerprint density at radius 1 is 1.14 bits per heavy atom. The highest BCUT2D eigenvalue weighted by molar-refractivity contribution is 5.89. The molecule has 3 amide bonds. The summed E-state index contributed by atoms with van der Waals surface area (Å²) in [5.74, 6) is 0.0290. The van der Waals surface area contributed by atoms with Gasteiger partial charge in [0.1, 0.15) is 5.82 Å². The van der Waals surface area contributed by atoms with Crippen LogP contribution in [0.3, 0.4) is 0 Å². The number of nitrogens with zero attached hydrogens (tertiary/aromatic N) is 5. The Labute approximate surface area is 216 Å². The summed E-state index contributed by atoms with van der Waals surface area (Å²) in [4.78, 5) is 47.2. The molecule has 198 valence electrons. The fourth-order valence-corrected chi connectivity index (χ4v) is 4.76. The smallest absolute Gasteiger partial charge is 0.338 e. The lowest BCUT2D eigenvalue weighted by Crippen LogP contribution is -2.58. The first-order chi connectivity index (χ1) is 17.5. The van der Waals surface area contributed by atoms with E-state index < -0.39 is 11.2 Å². The molecule has 1 aliphatic heterocycles. The fourth-order valence-electron chi connectivity index (χ4n) is 4.76. The van der Waals surface area contributed by atoms with Gasteiger partial charge in [-0.05, 0) is 57.5 Å². The van der Waals surface area contributed by atoms with Crippen molar-refractivity contribution >= 4 is 23.5 Å². The summed E-state index contributed by atoms with van der Waals surface area (Å²) in [6.45, 7) is 5.66. The van der Waals surface area contributed by atoms with Gasteiger partial charge in [0.05, 0.1) is 11.2 Å². The standard InChI is InChI=1S/C26H36N8O3/c1-26(2,28)23(35)32-12-14-33(15-13-32)24(36)29-22-10-11-34(25(37)30-22)20-7-4-18(5-8-20)17-31(3)21-9-6-19(27)16-21/h4-5,7-8,10-11,21,27H,6,9,12-17,28H2,1-3H3,(H,29,30,36,37)/t21-/m0/s1. The highest BCUT2D eigenvalue weighted by Crippen LogP contribution is 2.22. The van der Waals surface area contributed by atoms with Crippen molar-refractivity contribution in [3.05, 3.63) is 52.6 Å². The van der Waals surface area contributed by atoms with Crippen LogP contribution in [0.2, 0.25) is 0 Å². The molecule has 11 heteroatoms. The van der Waals surface area contributed by atoms with Gasteiger partial charge in [0.25, 0.3) is 0 Å². The Bertz CT molecular complexity index is 1210. The van der Waals surface area contributed by atoms with E-state index >= 15 is 0 Å². The van der Waals surface area contributed by atoms with Gasteiger partial charge in [0, 0.05) is 57.1 Å². The van der Waals surface area contributed by atoms with Crippen LogP contribution in [-0.2, 0) is 11.3 Å². The van der Waals surface area contributed by atoms with Gasteiger partial charge in [0.15, 0.2) is 0 Å². The molecule has 0 radical (unpaired) electrons. The third-order valence-electron chi connectivity index (χ3n) is 6.98. The average molecular weight is 509 g/mol. The minimum atomic E-state index is -0.948. The van der Waals surface area contributed by atoms with Crippen molar-refractivity contribution in [2.75, 3.05) is 38.5 Å². The molecule has 2 aliphatic rings. The van der Waals surface area contributed by atoms with Gasteiger partial charge in [0.2, 0.25) is 5.91 Å². The molecule has 4 N–H and O–H groups in total. The minimum Gasteiger partial charge on any atom is -0.338 e. The lowest BCUT2D eigenvalue weighted by atomic mass is 10.1. The number of piperazine rings is 1. The molecule has 1 aromatic heterocycles. The number of benzene rings is 1. The molecule has 1 aromatic carbocycles. The zero-order valence-electron chi connectivity index (χ0n) is 21.7. The maximum Gasteiger partial charge on any atom is 0.354 e. The topological polar surface area (TPSA) is 141 Å². The Hall–Kier alpha value is -3.57. The number of urea groups is 1. The molecule has 0 unspecified atom stereocenters. The molecule has 2 aromatic rings. The highest BCUT2D eigenvalue weighted by Gasteiger charge is 2.31. The van der Waals surface area contributed by atoms with Crippen molar-refractivity contribution < 1.29 is 9.59 Å². The van der Waals surface area contributed by atoms with Gasteiger partial charge >= 0.3 is 11.7 Å². The summed E-state index contributed by atoms with van der Waals surface area (Å²) >= 11 is 0. The predicted molar refractivity (Wildman–Crippen MR) is 142 cm³/mol. The summed E-state index contributed by atoms with van der Waals surface area (Å²) in [5.41, 5.74) is 7.10. The van der Waals surface area contributed by atoms with Crippen molar-refractivity contribution in [1.29, 1.82) is 5.41 Å². The number of carbonyl (C=O) groups excluding carboxylic acids is 2. The van der Waals surface area contributed by atoms with Crippen LogP contribution in [0, 0.1) is 5.41 Å². The van der Waals surface area contributed by atoms with E-state index in [0.29, 0.717) is 37.9 Å². The predicted octanol–water partition coefficient (Wildman–Crippen LogP) is 1.65. The number of rotatable bonds is 6. The maximum atomic E-state index is 12.7. The lowest BCUT2D eigenvalue weighted by molar-refractivity contribution is -0.137. The molecule has 1 saturated carbocycles. The van der Waals surface area contributed by atoms with Crippen LogP contribution >= 0.6 is 0 Å². The third-order valence-corrected chi connectivity index (χ3v) is 6.98. The molecule has 1 aliphatic carbocycles. The number of nitrogens with two attached hydrogens (primary N) is 1. The van der Waals surface area contributed by atoms with Crippen LogP contribution in [-0.4, -0.2) is 86.7 Å². The molecule has 0 bridgehead atoms. The number of anilines is 1. The van der Waals surface area contributed by atoms with Crippen molar-refractivity contribution in [1.82, 2.24) is 24.3 Å². The third kappa shape index (κ3) is 6.41. The fraction of sp³-hybridized carbons (Fsp3) is 0.500. The van der Waals surface area contributed by atoms with Crippen molar-refractivity contribution in [2.24, 2.45) is 5.73 Å². The SMILES string of the molecule is CN(Cc1ccc(-n2ccc(NC(=O)N3CCN(C(=O)C(C)(C)N)CC3)nc2=O)cc1)[C@H]1CCC(=N)C1. The van der Waals surface area contributed by atoms with E-state index in [2.05, 4.69) is 22.2 Å². The second kappa shape index (κ2) is 10.8. The van der Waals surface area contributed by atoms with E-state index in [0.717, 1.165) is 37.1 Å². The minimum absolute atomic E-state index is 0.145. The van der Waals surface area contributed by atoms with E-state index in [9.17, 15) is 14.4 Å². The van der Waals surface area contributed by atoms with Gasteiger partial charge in [-0.15, -0.1) is 0 Å². The first-order valence-electron chi connectivity index (χ1n) is 12.6. The van der Waals surface area contributed by atoms with Gasteiger partial charge in [-0.2, -0.15) is 4.98 Å². The van der Waals surface area contributed by atoms with Crippen molar-refractivity contribution in [2.45, 2.75) is 51.2 Å². The molecule has 4 rings (SSSR count). The van der Waals surface area contributed by atoms with E-state index in [1.165, 1.54) is 4.57 Å². The Morgan fingerprint density at radius 3 is 2.35 bits per heavy atom. The van der Waals surface area contributed by atoms with Crippen LogP contribution in [0.1, 0.15) is 38.7 Å². The summed E-state index contributed by atoms with van der Waals surface area (Å²) < 4.78 is 1.43. The number of nitrogens with one attached hydrogen (secondary N) is 2. The molecule has 2 fully saturated rings. The number of carbonyl (C=O) groups is 2. The highest BCUT2D eigenvalue weighted by atomic mass is 16.2. The monoisotopic (exact) mass is 508 g/mol. The average Bonchev–Trinajstić information content (AvgIpc) is 3.30. The molecular weight excluding hydrogens is 472 g/mol. The van der Waals surface area contributed by atoms with E-state index in [1.807, 2.05) is 24.3 Å². The van der Waals surface area contributed by atoms with Crippen molar-refractivity contribution in [3.63, 3.8) is 0 Å². The summed E-state index contributed by atoms with van der Waals surface area (Å²) in [6.07, 6.45) is 4.34. The van der Waals surface area contributed by atoms with Crippen LogP contribution in [0.5, 0.6) is 0 Å². The molecule has 11 nitrogen and oxygen atoms in total. The molecule has 1 atom stereocenters. The number of hydrogen-bond donors (Lipinski definition) is 3. The van der Waals surface area contributed by atoms with Gasteiger partial charge in [-0.3, -0.25) is 19.6 Å². The van der Waals surface area contributed by atoms with Crippen LogP contribution in [0.4, 0.5) is 10.6 Å². The van der Waals surface area contributed by atoms with Crippen LogP contribution in [0.15, 0.2) is 41.3 Å². The lowest BCUT2D eigenvalue weighted by Gasteiger charge is -2.37. The second-order valence-corrected chi connectivity index (χ2v) is 10.5. The molecule has 1 saturated heterocycles. The molecule has 37 heavy (non-hydrogen) atoms. The Balaban J connectivity index is 1.33.